The molecule has 0 saturated carbocycles. The number of ether oxygens (including phenoxy) is 9. The minimum Gasteiger partial charge on any atom is -0.429 e. The maximum absolute atomic E-state index is 14.5. The normalized spacial score (nSPS) is 19.6. The van der Waals surface area contributed by atoms with E-state index < -0.39 is 158 Å². The van der Waals surface area contributed by atoms with E-state index in [1.807, 2.05) is 13.8 Å². The summed E-state index contributed by atoms with van der Waals surface area (Å²) in [5.74, 6) is -18.7. The summed E-state index contributed by atoms with van der Waals surface area (Å²) >= 11 is 0. The van der Waals surface area contributed by atoms with Crippen molar-refractivity contribution in [3.63, 3.8) is 0 Å². The molecule has 3 heterocycles. The Morgan fingerprint density at radius 2 is 0.571 bits per heavy atom. The number of hydrogen-bond acceptors (Lipinski definition) is 9. The first-order chi connectivity index (χ1) is 42.9. The minimum absolute atomic E-state index is 0.0982. The SMILES string of the molecule is CCC1COC(c2cc(F)c(C(F)(F)Oc3cc(F)c(C)c(F)c3)c(F)c2)OC1.CCCC1COC(c2cc(F)c(C(F)(F)Oc3cc(F)c(C)c(F)c3)c(F)c2)OC1.CCCCCC1COC(c2cc(F)c(C(F)(F)Oc3cc(F)c(C)c(F)c3)c(F)c2)OC1. The third-order valence-electron chi connectivity index (χ3n) is 14.8. The van der Waals surface area contributed by atoms with Gasteiger partial charge in [0.15, 0.2) is 18.9 Å². The van der Waals surface area contributed by atoms with Gasteiger partial charge in [0.25, 0.3) is 0 Å². The highest BCUT2D eigenvalue weighted by Crippen LogP contribution is 2.42. The molecule has 27 heteroatoms. The lowest BCUT2D eigenvalue weighted by Crippen LogP contribution is -2.28. The van der Waals surface area contributed by atoms with Crippen LogP contribution in [0.5, 0.6) is 17.2 Å². The molecule has 6 aromatic rings. The maximum atomic E-state index is 14.5. The predicted octanol–water partition coefficient (Wildman–Crippen LogP) is 18.8. The Kier molecular flexibility index (Phi) is 24.2. The summed E-state index contributed by atoms with van der Waals surface area (Å²) in [4.78, 5) is 0. The van der Waals surface area contributed by atoms with E-state index in [2.05, 4.69) is 21.1 Å². The standard InChI is InChI=1S/C23H24F6O3.C21H20F6O3.C20H18F6O3/c1-3-4-5-6-14-11-30-22(31-12-14)15-7-19(26)21(20(27)8-15)23(28,29)32-16-9-17(24)13(2)18(25)10-16;1-3-4-12-9-28-20(29-10-12)13-5-17(24)19(18(25)6-13)21(26,27)30-14-7-15(22)11(2)16(23)8-14;1-3-11-8-27-19(28-9-11)12-4-16(23)18(17(24)5-12)20(25,26)29-13-6-14(21)10(2)15(22)7-13/h7-10,14,22H,3-6,11-12H2,1-2H3;5-8,12,20H,3-4,9-10H2,1-2H3;4-7,11,19H,3,8-9H2,1-2H3. The van der Waals surface area contributed by atoms with Gasteiger partial charge in [0, 0.05) is 87.5 Å². The Hall–Kier alpha value is -6.78. The summed E-state index contributed by atoms with van der Waals surface area (Å²) in [5.41, 5.74) is -6.58. The van der Waals surface area contributed by atoms with Crippen LogP contribution in [0, 0.1) is 108 Å². The molecule has 0 amide bonds. The molecule has 6 aromatic carbocycles. The van der Waals surface area contributed by atoms with Crippen LogP contribution < -0.4 is 14.2 Å². The highest BCUT2D eigenvalue weighted by Gasteiger charge is 2.45. The summed E-state index contributed by atoms with van der Waals surface area (Å²) in [7, 11) is 0. The van der Waals surface area contributed by atoms with Crippen molar-refractivity contribution in [3.8, 4) is 17.2 Å². The van der Waals surface area contributed by atoms with Crippen LogP contribution in [0.2, 0.25) is 0 Å². The monoisotopic (exact) mass is 1320 g/mol. The Morgan fingerprint density at radius 1 is 0.330 bits per heavy atom. The number of halogens is 18. The van der Waals surface area contributed by atoms with E-state index in [1.165, 1.54) is 0 Å². The van der Waals surface area contributed by atoms with Crippen molar-refractivity contribution in [1.82, 2.24) is 0 Å². The highest BCUT2D eigenvalue weighted by molar-refractivity contribution is 5.37. The van der Waals surface area contributed by atoms with E-state index in [0.717, 1.165) is 65.7 Å². The van der Waals surface area contributed by atoms with Crippen LogP contribution in [0.15, 0.2) is 72.8 Å². The topological polar surface area (TPSA) is 83.1 Å². The Morgan fingerprint density at radius 3 is 0.802 bits per heavy atom. The Balaban J connectivity index is 0.000000194. The highest BCUT2D eigenvalue weighted by atomic mass is 19.3. The van der Waals surface area contributed by atoms with Crippen molar-refractivity contribution in [2.45, 2.75) is 124 Å². The molecular weight excluding hydrogens is 1250 g/mol. The van der Waals surface area contributed by atoms with Crippen LogP contribution in [0.25, 0.3) is 0 Å². The zero-order valence-corrected chi connectivity index (χ0v) is 49.6. The summed E-state index contributed by atoms with van der Waals surface area (Å²) in [6, 6.07) is 7.03. The fraction of sp³-hybridized carbons (Fsp3) is 0.438. The van der Waals surface area contributed by atoms with Gasteiger partial charge in [0.05, 0.1) is 39.6 Å². The number of benzene rings is 6. The minimum atomic E-state index is -4.53. The molecule has 9 nitrogen and oxygen atoms in total. The molecule has 3 aliphatic heterocycles. The molecule has 0 bridgehead atoms. The Labute approximate surface area is 511 Å². The summed E-state index contributed by atoms with van der Waals surface area (Å²) < 4.78 is 300. The van der Waals surface area contributed by atoms with Crippen molar-refractivity contribution in [2.75, 3.05) is 39.6 Å². The van der Waals surface area contributed by atoms with E-state index in [0.29, 0.717) is 112 Å². The van der Waals surface area contributed by atoms with Crippen LogP contribution in [0.3, 0.4) is 0 Å². The molecule has 0 aromatic heterocycles. The third kappa shape index (κ3) is 18.1. The lowest BCUT2D eigenvalue weighted by atomic mass is 10.0. The molecule has 0 spiro atoms. The zero-order chi connectivity index (χ0) is 66.9. The summed E-state index contributed by atoms with van der Waals surface area (Å²) in [6.45, 7) is 11.2. The fourth-order valence-corrected chi connectivity index (χ4v) is 9.53. The van der Waals surface area contributed by atoms with E-state index in [9.17, 15) is 79.0 Å². The molecule has 3 fully saturated rings. The molecule has 3 saturated heterocycles. The van der Waals surface area contributed by atoms with Gasteiger partial charge < -0.3 is 42.6 Å². The van der Waals surface area contributed by atoms with Crippen LogP contribution in [0.1, 0.15) is 135 Å². The first-order valence-electron chi connectivity index (χ1n) is 28.6. The molecule has 91 heavy (non-hydrogen) atoms. The van der Waals surface area contributed by atoms with E-state index in [1.54, 1.807) is 0 Å². The van der Waals surface area contributed by atoms with Crippen molar-refractivity contribution >= 4 is 0 Å². The van der Waals surface area contributed by atoms with Crippen LogP contribution in [-0.2, 0) is 46.7 Å². The predicted molar refractivity (Wildman–Crippen MR) is 290 cm³/mol. The van der Waals surface area contributed by atoms with Gasteiger partial charge in [0.2, 0.25) is 0 Å². The number of unbranched alkanes of at least 4 members (excludes halogenated alkanes) is 2. The molecular formula is C64H62F18O9. The van der Waals surface area contributed by atoms with Gasteiger partial charge in [-0.25, -0.2) is 52.7 Å². The average Bonchev–Trinajstić information content (AvgIpc) is 0.812. The molecule has 0 unspecified atom stereocenters. The lowest BCUT2D eigenvalue weighted by molar-refractivity contribution is -0.206. The van der Waals surface area contributed by atoms with Gasteiger partial charge >= 0.3 is 18.3 Å². The molecule has 9 rings (SSSR count). The molecule has 0 atom stereocenters. The molecule has 3 aliphatic rings. The van der Waals surface area contributed by atoms with Gasteiger partial charge in [-0.3, -0.25) is 0 Å². The van der Waals surface area contributed by atoms with Crippen LogP contribution in [-0.4, -0.2) is 39.6 Å². The fourth-order valence-electron chi connectivity index (χ4n) is 9.53. The first-order valence-corrected chi connectivity index (χ1v) is 28.6. The van der Waals surface area contributed by atoms with Gasteiger partial charge in [-0.1, -0.05) is 46.5 Å². The van der Waals surface area contributed by atoms with Gasteiger partial charge in [-0.05, 0) is 76.4 Å². The molecule has 498 valence electrons. The Bertz CT molecular complexity index is 3320. The second-order valence-corrected chi connectivity index (χ2v) is 21.8. The van der Waals surface area contributed by atoms with Crippen LogP contribution >= 0.6 is 0 Å². The molecule has 0 aliphatic carbocycles. The quantitative estimate of drug-likeness (QED) is 0.0582. The number of hydrogen-bond donors (Lipinski definition) is 0. The van der Waals surface area contributed by atoms with Gasteiger partial charge in [-0.2, -0.15) is 26.3 Å². The molecule has 0 N–H and O–H groups in total. The lowest BCUT2D eigenvalue weighted by Gasteiger charge is -2.30. The average molecular weight is 1320 g/mol. The largest absolute Gasteiger partial charge is 0.432 e. The van der Waals surface area contributed by atoms with E-state index in [-0.39, 0.29) is 34.4 Å². The van der Waals surface area contributed by atoms with Crippen molar-refractivity contribution in [3.05, 3.63) is 193 Å². The zero-order valence-electron chi connectivity index (χ0n) is 49.6. The van der Waals surface area contributed by atoms with Crippen molar-refractivity contribution in [2.24, 2.45) is 17.8 Å². The van der Waals surface area contributed by atoms with E-state index >= 15 is 0 Å². The third-order valence-corrected chi connectivity index (χ3v) is 14.8. The second-order valence-electron chi connectivity index (χ2n) is 21.8. The molecule has 0 radical (unpaired) electrons. The number of rotatable bonds is 19. The van der Waals surface area contributed by atoms with Crippen LogP contribution in [0.4, 0.5) is 79.0 Å². The van der Waals surface area contributed by atoms with Gasteiger partial charge in [-0.15, -0.1) is 0 Å². The van der Waals surface area contributed by atoms with E-state index in [4.69, 9.17) is 28.4 Å². The maximum Gasteiger partial charge on any atom is 0.432 e. The smallest absolute Gasteiger partial charge is 0.429 e. The number of alkyl halides is 6. The van der Waals surface area contributed by atoms with Crippen molar-refractivity contribution in [1.29, 1.82) is 0 Å². The first kappa shape index (κ1) is 71.7. The summed E-state index contributed by atoms with van der Waals surface area (Å²) in [6.07, 6.45) is -10.2. The van der Waals surface area contributed by atoms with Gasteiger partial charge in [0.1, 0.15) is 104 Å². The second kappa shape index (κ2) is 30.8. The summed E-state index contributed by atoms with van der Waals surface area (Å²) in [5, 5.41) is 0. The van der Waals surface area contributed by atoms with Crippen molar-refractivity contribution < 1.29 is 122 Å².